The molecule has 16 heavy (non-hydrogen) atoms. The van der Waals surface area contributed by atoms with Crippen LogP contribution < -0.4 is 5.32 Å². The number of nitrogens with one attached hydrogen (secondary N) is 1. The smallest absolute Gasteiger partial charge is 0.240 e. The molecule has 0 unspecified atom stereocenters. The standard InChI is InChI=1S/C13H24N2O/c1-5-10-15(13(2,3)4)12(16)11-8-6-7-9-14-11/h5,11,14H,1,6-10H2,2-4H3/t11-/m0/s1. The van der Waals surface area contributed by atoms with Crippen molar-refractivity contribution in [2.45, 2.75) is 51.6 Å². The van der Waals surface area contributed by atoms with Crippen molar-refractivity contribution < 1.29 is 4.79 Å². The van der Waals surface area contributed by atoms with Crippen molar-refractivity contribution in [3.05, 3.63) is 12.7 Å². The predicted octanol–water partition coefficient (Wildman–Crippen LogP) is 1.94. The summed E-state index contributed by atoms with van der Waals surface area (Å²) in [6.45, 7) is 11.5. The van der Waals surface area contributed by atoms with Gasteiger partial charge < -0.3 is 10.2 Å². The van der Waals surface area contributed by atoms with Crippen molar-refractivity contribution in [1.29, 1.82) is 0 Å². The third-order valence-corrected chi connectivity index (χ3v) is 3.00. The highest BCUT2D eigenvalue weighted by molar-refractivity contribution is 5.82. The van der Waals surface area contributed by atoms with Gasteiger partial charge >= 0.3 is 0 Å². The molecule has 3 heteroatoms. The van der Waals surface area contributed by atoms with Gasteiger partial charge in [0.15, 0.2) is 0 Å². The van der Waals surface area contributed by atoms with Gasteiger partial charge in [-0.15, -0.1) is 6.58 Å². The monoisotopic (exact) mass is 224 g/mol. The molecule has 1 heterocycles. The molecule has 3 nitrogen and oxygen atoms in total. The maximum atomic E-state index is 12.4. The van der Waals surface area contributed by atoms with E-state index in [1.165, 1.54) is 6.42 Å². The predicted molar refractivity (Wildman–Crippen MR) is 67.3 cm³/mol. The van der Waals surface area contributed by atoms with Crippen molar-refractivity contribution in [3.63, 3.8) is 0 Å². The Morgan fingerprint density at radius 1 is 1.50 bits per heavy atom. The normalized spacial score (nSPS) is 21.6. The van der Waals surface area contributed by atoms with E-state index >= 15 is 0 Å². The number of rotatable bonds is 3. The topological polar surface area (TPSA) is 32.3 Å². The molecule has 1 fully saturated rings. The van der Waals surface area contributed by atoms with E-state index in [1.807, 2.05) is 4.90 Å². The first-order valence-electron chi connectivity index (χ1n) is 6.12. The van der Waals surface area contributed by atoms with E-state index in [-0.39, 0.29) is 17.5 Å². The summed E-state index contributed by atoms with van der Waals surface area (Å²) in [5.74, 6) is 0.215. The molecule has 0 bridgehead atoms. The second-order valence-electron chi connectivity index (χ2n) is 5.41. The zero-order chi connectivity index (χ0) is 12.2. The SMILES string of the molecule is C=CCN(C(=O)[C@@H]1CCCCN1)C(C)(C)C. The number of hydrogen-bond donors (Lipinski definition) is 1. The number of piperidine rings is 1. The maximum Gasteiger partial charge on any atom is 0.240 e. The van der Waals surface area contributed by atoms with Gasteiger partial charge in [0, 0.05) is 12.1 Å². The van der Waals surface area contributed by atoms with Crippen LogP contribution in [0.5, 0.6) is 0 Å². The number of hydrogen-bond acceptors (Lipinski definition) is 2. The van der Waals surface area contributed by atoms with Gasteiger partial charge in [0.05, 0.1) is 6.04 Å². The molecule has 1 aliphatic heterocycles. The van der Waals surface area contributed by atoms with Crippen LogP contribution in [0.25, 0.3) is 0 Å². The molecule has 0 aromatic heterocycles. The van der Waals surface area contributed by atoms with E-state index in [9.17, 15) is 4.79 Å². The van der Waals surface area contributed by atoms with Crippen LogP contribution in [0.1, 0.15) is 40.0 Å². The molecule has 1 atom stereocenters. The number of nitrogens with zero attached hydrogens (tertiary/aromatic N) is 1. The third-order valence-electron chi connectivity index (χ3n) is 3.00. The van der Waals surface area contributed by atoms with Crippen LogP contribution in [0.4, 0.5) is 0 Å². The zero-order valence-electron chi connectivity index (χ0n) is 10.8. The summed E-state index contributed by atoms with van der Waals surface area (Å²) >= 11 is 0. The van der Waals surface area contributed by atoms with Gasteiger partial charge in [0.1, 0.15) is 0 Å². The van der Waals surface area contributed by atoms with Crippen molar-refractivity contribution in [2.75, 3.05) is 13.1 Å². The zero-order valence-corrected chi connectivity index (χ0v) is 10.8. The molecule has 1 N–H and O–H groups in total. The summed E-state index contributed by atoms with van der Waals surface area (Å²) in [4.78, 5) is 14.3. The number of amides is 1. The fraction of sp³-hybridized carbons (Fsp3) is 0.769. The second kappa shape index (κ2) is 5.48. The summed E-state index contributed by atoms with van der Waals surface area (Å²) in [7, 11) is 0. The minimum atomic E-state index is -0.135. The quantitative estimate of drug-likeness (QED) is 0.743. The molecule has 1 amide bonds. The molecular formula is C13H24N2O. The van der Waals surface area contributed by atoms with Crippen LogP contribution in [0.15, 0.2) is 12.7 Å². The second-order valence-corrected chi connectivity index (χ2v) is 5.41. The lowest BCUT2D eigenvalue weighted by molar-refractivity contribution is -0.138. The molecule has 0 aromatic rings. The summed E-state index contributed by atoms with van der Waals surface area (Å²) in [6, 6.07) is 0.00734. The van der Waals surface area contributed by atoms with Crippen LogP contribution in [-0.2, 0) is 4.79 Å². The first-order chi connectivity index (χ1) is 7.46. The van der Waals surface area contributed by atoms with Crippen molar-refractivity contribution >= 4 is 5.91 Å². The number of carbonyl (C=O) groups excluding carboxylic acids is 1. The van der Waals surface area contributed by atoms with Crippen LogP contribution in [0.2, 0.25) is 0 Å². The molecule has 0 aliphatic carbocycles. The van der Waals surface area contributed by atoms with Gasteiger partial charge in [-0.05, 0) is 40.2 Å². The summed E-state index contributed by atoms with van der Waals surface area (Å²) < 4.78 is 0. The van der Waals surface area contributed by atoms with Gasteiger partial charge in [0.25, 0.3) is 0 Å². The Hall–Kier alpha value is -0.830. The average molecular weight is 224 g/mol. The van der Waals surface area contributed by atoms with Gasteiger partial charge in [0.2, 0.25) is 5.91 Å². The molecule has 0 spiro atoms. The fourth-order valence-electron chi connectivity index (χ4n) is 2.07. The first-order valence-corrected chi connectivity index (χ1v) is 6.12. The van der Waals surface area contributed by atoms with Crippen molar-refractivity contribution in [3.8, 4) is 0 Å². The van der Waals surface area contributed by atoms with Gasteiger partial charge in [-0.1, -0.05) is 12.5 Å². The molecule has 1 aliphatic rings. The van der Waals surface area contributed by atoms with E-state index in [2.05, 4.69) is 32.7 Å². The van der Waals surface area contributed by atoms with E-state index in [0.717, 1.165) is 19.4 Å². The Balaban J connectivity index is 2.69. The Morgan fingerprint density at radius 3 is 2.62 bits per heavy atom. The Labute approximate surface area is 98.9 Å². The van der Waals surface area contributed by atoms with Gasteiger partial charge in [-0.25, -0.2) is 0 Å². The third kappa shape index (κ3) is 3.34. The molecule has 1 rings (SSSR count). The van der Waals surface area contributed by atoms with Crippen LogP contribution in [0, 0.1) is 0 Å². The van der Waals surface area contributed by atoms with Gasteiger partial charge in [-0.2, -0.15) is 0 Å². The van der Waals surface area contributed by atoms with Crippen LogP contribution in [0.3, 0.4) is 0 Å². The van der Waals surface area contributed by atoms with Gasteiger partial charge in [-0.3, -0.25) is 4.79 Å². The summed E-state index contributed by atoms with van der Waals surface area (Å²) in [6.07, 6.45) is 5.09. The molecule has 0 saturated carbocycles. The Bertz CT molecular complexity index is 249. The van der Waals surface area contributed by atoms with Crippen LogP contribution in [-0.4, -0.2) is 35.5 Å². The van der Waals surface area contributed by atoms with E-state index in [0.29, 0.717) is 6.54 Å². The lowest BCUT2D eigenvalue weighted by atomic mass is 9.99. The van der Waals surface area contributed by atoms with Crippen molar-refractivity contribution in [2.24, 2.45) is 0 Å². The largest absolute Gasteiger partial charge is 0.333 e. The Morgan fingerprint density at radius 2 is 2.19 bits per heavy atom. The molecule has 1 saturated heterocycles. The molecule has 0 aromatic carbocycles. The fourth-order valence-corrected chi connectivity index (χ4v) is 2.07. The average Bonchev–Trinajstić information content (AvgIpc) is 2.25. The molecular weight excluding hydrogens is 200 g/mol. The highest BCUT2D eigenvalue weighted by atomic mass is 16.2. The highest BCUT2D eigenvalue weighted by Crippen LogP contribution is 2.17. The summed E-state index contributed by atoms with van der Waals surface area (Å²) in [5.41, 5.74) is -0.135. The minimum absolute atomic E-state index is 0.00734. The maximum absolute atomic E-state index is 12.4. The van der Waals surface area contributed by atoms with E-state index in [1.54, 1.807) is 6.08 Å². The number of carbonyl (C=O) groups is 1. The molecule has 92 valence electrons. The molecule has 0 radical (unpaired) electrons. The van der Waals surface area contributed by atoms with Crippen molar-refractivity contribution in [1.82, 2.24) is 10.2 Å². The van der Waals surface area contributed by atoms with Crippen LogP contribution >= 0.6 is 0 Å². The van der Waals surface area contributed by atoms with E-state index in [4.69, 9.17) is 0 Å². The minimum Gasteiger partial charge on any atom is -0.333 e. The summed E-state index contributed by atoms with van der Waals surface area (Å²) in [5, 5.41) is 3.30. The van der Waals surface area contributed by atoms with E-state index < -0.39 is 0 Å². The highest BCUT2D eigenvalue weighted by Gasteiger charge is 2.31. The first kappa shape index (κ1) is 13.2. The lowest BCUT2D eigenvalue weighted by Crippen LogP contribution is -2.54. The Kier molecular flexibility index (Phi) is 4.54. The lowest BCUT2D eigenvalue weighted by Gasteiger charge is -2.38.